The Morgan fingerprint density at radius 3 is 2.32 bits per heavy atom. The lowest BCUT2D eigenvalue weighted by molar-refractivity contribution is -0.0221. The summed E-state index contributed by atoms with van der Waals surface area (Å²) in [6.07, 6.45) is 6.26. The van der Waals surface area contributed by atoms with Crippen LogP contribution in [0.15, 0.2) is 36.7 Å². The second-order valence-corrected chi connectivity index (χ2v) is 12.8. The summed E-state index contributed by atoms with van der Waals surface area (Å²) in [6.45, 7) is 3.78. The van der Waals surface area contributed by atoms with Crippen molar-refractivity contribution in [3.05, 3.63) is 48.1 Å². The second-order valence-electron chi connectivity index (χ2n) is 11.3. The highest BCUT2D eigenvalue weighted by Crippen LogP contribution is 2.54. The predicted molar refractivity (Wildman–Crippen MR) is 150 cm³/mol. The van der Waals surface area contributed by atoms with Crippen LogP contribution in [0.4, 0.5) is 20.4 Å². The molecular formula is C27H32F2N8O3S. The Kier molecular flexibility index (Phi) is 6.72. The summed E-state index contributed by atoms with van der Waals surface area (Å²) in [5, 5.41) is 23.7. The van der Waals surface area contributed by atoms with Crippen molar-refractivity contribution in [2.24, 2.45) is 10.6 Å². The van der Waals surface area contributed by atoms with Crippen molar-refractivity contribution in [1.29, 1.82) is 0 Å². The van der Waals surface area contributed by atoms with E-state index in [1.807, 2.05) is 24.0 Å². The van der Waals surface area contributed by atoms with Gasteiger partial charge in [-0.05, 0) is 62.3 Å². The number of piperidine rings is 2. The van der Waals surface area contributed by atoms with Gasteiger partial charge in [0.05, 0.1) is 11.9 Å². The number of sulfonamides is 1. The zero-order chi connectivity index (χ0) is 29.0. The smallest absolute Gasteiger partial charge is 0.251 e. The first-order valence-corrected chi connectivity index (χ1v) is 15.2. The molecule has 6 rings (SSSR count). The van der Waals surface area contributed by atoms with Crippen molar-refractivity contribution < 1.29 is 22.3 Å². The Labute approximate surface area is 236 Å². The molecule has 0 aromatic carbocycles. The number of hydrogen-bond donors (Lipinski definition) is 2. The highest BCUT2D eigenvalue weighted by molar-refractivity contribution is 7.98. The van der Waals surface area contributed by atoms with Gasteiger partial charge in [0.2, 0.25) is 10.0 Å². The number of rotatable bonds is 6. The SMILES string of the molecule is Cc1cc(-c2cn(-c3ccc(C(=CO)S(N)(=O)=O)nc3N3CCC4(CC3)CC4)nn2)cc(N2CCC(F)(F)CC2)n1. The monoisotopic (exact) mass is 586 g/mol. The number of anilines is 2. The van der Waals surface area contributed by atoms with Gasteiger partial charge in [-0.1, -0.05) is 5.21 Å². The van der Waals surface area contributed by atoms with Crippen molar-refractivity contribution in [3.63, 3.8) is 0 Å². The largest absolute Gasteiger partial charge is 0.514 e. The number of halogens is 2. The van der Waals surface area contributed by atoms with Gasteiger partial charge in [-0.3, -0.25) is 0 Å². The maximum atomic E-state index is 13.7. The molecule has 11 nitrogen and oxygen atoms in total. The first-order chi connectivity index (χ1) is 19.5. The van der Waals surface area contributed by atoms with Crippen molar-refractivity contribution >= 4 is 26.6 Å². The van der Waals surface area contributed by atoms with Gasteiger partial charge in [0, 0.05) is 50.3 Å². The first kappa shape index (κ1) is 27.5. The Morgan fingerprint density at radius 2 is 1.68 bits per heavy atom. The van der Waals surface area contributed by atoms with Crippen LogP contribution in [0.25, 0.3) is 21.8 Å². The fraction of sp³-hybridized carbons (Fsp3) is 0.481. The van der Waals surface area contributed by atoms with Crippen LogP contribution in [-0.2, 0) is 10.0 Å². The number of hydrogen-bond acceptors (Lipinski definition) is 9. The maximum Gasteiger partial charge on any atom is 0.251 e. The zero-order valence-electron chi connectivity index (χ0n) is 22.7. The summed E-state index contributed by atoms with van der Waals surface area (Å²) < 4.78 is 53.2. The van der Waals surface area contributed by atoms with Gasteiger partial charge in [-0.2, -0.15) is 0 Å². The zero-order valence-corrected chi connectivity index (χ0v) is 23.5. The molecule has 3 N–H and O–H groups in total. The minimum absolute atomic E-state index is 0.0299. The van der Waals surface area contributed by atoms with Gasteiger partial charge >= 0.3 is 0 Å². The van der Waals surface area contributed by atoms with E-state index in [4.69, 9.17) is 5.14 Å². The molecule has 41 heavy (non-hydrogen) atoms. The van der Waals surface area contributed by atoms with Crippen LogP contribution in [0.5, 0.6) is 0 Å². The van der Waals surface area contributed by atoms with E-state index >= 15 is 0 Å². The fourth-order valence-electron chi connectivity index (χ4n) is 5.68. The molecule has 3 aliphatic rings. The Morgan fingerprint density at radius 1 is 1.00 bits per heavy atom. The van der Waals surface area contributed by atoms with E-state index in [-0.39, 0.29) is 31.6 Å². The predicted octanol–water partition coefficient (Wildman–Crippen LogP) is 3.79. The third kappa shape index (κ3) is 5.62. The van der Waals surface area contributed by atoms with E-state index in [1.165, 1.54) is 18.9 Å². The van der Waals surface area contributed by atoms with Crippen LogP contribution in [0.1, 0.15) is 49.9 Å². The van der Waals surface area contributed by atoms with Gasteiger partial charge < -0.3 is 14.9 Å². The molecule has 218 valence electrons. The van der Waals surface area contributed by atoms with Crippen LogP contribution >= 0.6 is 0 Å². The number of primary sulfonamides is 1. The van der Waals surface area contributed by atoms with Crippen molar-refractivity contribution in [1.82, 2.24) is 25.0 Å². The Bertz CT molecular complexity index is 1600. The van der Waals surface area contributed by atoms with Gasteiger partial charge in [0.1, 0.15) is 28.4 Å². The van der Waals surface area contributed by atoms with Crippen molar-refractivity contribution in [2.75, 3.05) is 36.0 Å². The fourth-order valence-corrected chi connectivity index (χ4v) is 6.23. The standard InChI is InChI=1S/C27H32F2N8O3S/c1-18-14-19(15-24(31-18)35-12-8-27(28,29)9-13-35)21-16-37(34-33-21)22-3-2-20(23(17-38)41(30,39)40)32-25(22)36-10-6-26(4-5-26)7-11-36/h2-3,14-17,38H,4-13H2,1H3,(H2,30,39,40). The number of aromatic nitrogens is 5. The summed E-state index contributed by atoms with van der Waals surface area (Å²) in [7, 11) is -4.21. The average molecular weight is 587 g/mol. The molecule has 3 fully saturated rings. The topological polar surface area (TPSA) is 143 Å². The molecule has 2 saturated heterocycles. The van der Waals surface area contributed by atoms with Crippen LogP contribution in [0.3, 0.4) is 0 Å². The van der Waals surface area contributed by atoms with E-state index in [9.17, 15) is 22.3 Å². The normalized spacial score (nSPS) is 20.4. The molecular weight excluding hydrogens is 554 g/mol. The van der Waals surface area contributed by atoms with Gasteiger partial charge in [-0.25, -0.2) is 37.0 Å². The maximum absolute atomic E-state index is 13.7. The van der Waals surface area contributed by atoms with Crippen molar-refractivity contribution in [3.8, 4) is 16.9 Å². The third-order valence-electron chi connectivity index (χ3n) is 8.41. The summed E-state index contributed by atoms with van der Waals surface area (Å²) in [5.74, 6) is -1.52. The molecule has 0 bridgehead atoms. The molecule has 0 radical (unpaired) electrons. The second kappa shape index (κ2) is 10.0. The van der Waals surface area contributed by atoms with E-state index in [0.29, 0.717) is 34.7 Å². The molecule has 0 atom stereocenters. The molecule has 3 aromatic rings. The van der Waals surface area contributed by atoms with E-state index in [1.54, 1.807) is 16.9 Å². The molecule has 0 amide bonds. The lowest BCUT2D eigenvalue weighted by atomic mass is 9.93. The van der Waals surface area contributed by atoms with Crippen LogP contribution in [0.2, 0.25) is 0 Å². The minimum Gasteiger partial charge on any atom is -0.514 e. The van der Waals surface area contributed by atoms with E-state index in [0.717, 1.165) is 37.2 Å². The van der Waals surface area contributed by atoms with Gasteiger partial charge in [0.15, 0.2) is 5.82 Å². The number of nitrogens with two attached hydrogens (primary N) is 1. The molecule has 0 unspecified atom stereocenters. The average Bonchev–Trinajstić information content (AvgIpc) is 3.48. The number of nitrogens with zero attached hydrogens (tertiary/aromatic N) is 7. The quantitative estimate of drug-likeness (QED) is 0.412. The number of pyridine rings is 2. The van der Waals surface area contributed by atoms with E-state index < -0.39 is 20.9 Å². The molecule has 2 aliphatic heterocycles. The van der Waals surface area contributed by atoms with Crippen LogP contribution < -0.4 is 14.9 Å². The number of aliphatic hydroxyl groups is 1. The number of alkyl halides is 2. The van der Waals surface area contributed by atoms with Gasteiger partial charge in [-0.15, -0.1) is 5.10 Å². The van der Waals surface area contributed by atoms with Crippen LogP contribution in [-0.4, -0.2) is 70.6 Å². The first-order valence-electron chi connectivity index (χ1n) is 13.6. The number of aryl methyl sites for hydroxylation is 1. The highest BCUT2D eigenvalue weighted by Gasteiger charge is 2.45. The molecule has 1 saturated carbocycles. The molecule has 1 aliphatic carbocycles. The van der Waals surface area contributed by atoms with Gasteiger partial charge in [0.25, 0.3) is 5.92 Å². The minimum atomic E-state index is -4.21. The number of aliphatic hydroxyl groups excluding tert-OH is 1. The van der Waals surface area contributed by atoms with Crippen LogP contribution in [0, 0.1) is 12.3 Å². The third-order valence-corrected chi connectivity index (χ3v) is 9.33. The Balaban J connectivity index is 1.34. The summed E-state index contributed by atoms with van der Waals surface area (Å²) in [6, 6.07) is 6.85. The lowest BCUT2D eigenvalue weighted by Gasteiger charge is -2.34. The molecule has 3 aromatic heterocycles. The molecule has 1 spiro atoms. The van der Waals surface area contributed by atoms with E-state index in [2.05, 4.69) is 25.2 Å². The van der Waals surface area contributed by atoms with Crippen molar-refractivity contribution in [2.45, 2.75) is 51.4 Å². The Hall–Kier alpha value is -3.65. The lowest BCUT2D eigenvalue weighted by Crippen LogP contribution is -2.39. The summed E-state index contributed by atoms with van der Waals surface area (Å²) in [5.41, 5.74) is 3.06. The highest BCUT2D eigenvalue weighted by atomic mass is 32.2. The summed E-state index contributed by atoms with van der Waals surface area (Å²) >= 11 is 0. The molecule has 14 heteroatoms. The molecule has 5 heterocycles. The summed E-state index contributed by atoms with van der Waals surface area (Å²) in [4.78, 5) is 12.7.